The van der Waals surface area contributed by atoms with Gasteiger partial charge in [-0.1, -0.05) is 18.2 Å². The van der Waals surface area contributed by atoms with E-state index in [1.807, 2.05) is 30.3 Å². The lowest BCUT2D eigenvalue weighted by atomic mass is 10.0. The van der Waals surface area contributed by atoms with Crippen LogP contribution in [-0.2, 0) is 0 Å². The van der Waals surface area contributed by atoms with E-state index >= 15 is 0 Å². The van der Waals surface area contributed by atoms with Gasteiger partial charge in [0.15, 0.2) is 5.96 Å². The number of para-hydroxylation sites is 1. The lowest BCUT2D eigenvalue weighted by Gasteiger charge is -2.08. The highest BCUT2D eigenvalue weighted by Crippen LogP contribution is 2.66. The van der Waals surface area contributed by atoms with Gasteiger partial charge in [0.05, 0.1) is 6.04 Å². The molecule has 4 rings (SSSR count). The highest BCUT2D eigenvalue weighted by Gasteiger charge is 2.65. The largest absolute Gasteiger partial charge is 0.370 e. The molecule has 0 aliphatic heterocycles. The van der Waals surface area contributed by atoms with Crippen molar-refractivity contribution in [3.8, 4) is 0 Å². The van der Waals surface area contributed by atoms with Crippen LogP contribution in [0.25, 0.3) is 0 Å². The van der Waals surface area contributed by atoms with Crippen molar-refractivity contribution < 1.29 is 0 Å². The second-order valence-electron chi connectivity index (χ2n) is 5.98. The van der Waals surface area contributed by atoms with Gasteiger partial charge in [-0.15, -0.1) is 0 Å². The number of rotatable bonds is 2. The molecule has 3 N–H and O–H groups in total. The summed E-state index contributed by atoms with van der Waals surface area (Å²) in [5.74, 6) is 4.22. The Balaban J connectivity index is 1.44. The fraction of sp³-hybridized carbons (Fsp3) is 0.533. The number of fused-ring (bicyclic) bond motifs is 5. The van der Waals surface area contributed by atoms with Gasteiger partial charge in [-0.25, -0.2) is 4.99 Å². The highest BCUT2D eigenvalue weighted by atomic mass is 15.1. The summed E-state index contributed by atoms with van der Waals surface area (Å²) in [6, 6.07) is 10.6. The summed E-state index contributed by atoms with van der Waals surface area (Å²) in [6.45, 7) is 0. The Morgan fingerprint density at radius 2 is 1.78 bits per heavy atom. The van der Waals surface area contributed by atoms with Gasteiger partial charge in [0.25, 0.3) is 0 Å². The van der Waals surface area contributed by atoms with Crippen molar-refractivity contribution in [3.05, 3.63) is 30.3 Å². The van der Waals surface area contributed by atoms with Crippen LogP contribution in [0.15, 0.2) is 35.3 Å². The smallest absolute Gasteiger partial charge is 0.193 e. The first-order valence-corrected chi connectivity index (χ1v) is 6.98. The van der Waals surface area contributed by atoms with Crippen LogP contribution in [0.2, 0.25) is 0 Å². The summed E-state index contributed by atoms with van der Waals surface area (Å²) in [7, 11) is 0. The van der Waals surface area contributed by atoms with Gasteiger partial charge in [0, 0.05) is 5.69 Å². The molecule has 2 bridgehead atoms. The third kappa shape index (κ3) is 1.53. The summed E-state index contributed by atoms with van der Waals surface area (Å²) in [5.41, 5.74) is 7.02. The van der Waals surface area contributed by atoms with Crippen LogP contribution in [-0.4, -0.2) is 12.0 Å². The molecule has 0 radical (unpaired) electrons. The van der Waals surface area contributed by atoms with Crippen LogP contribution in [0.1, 0.15) is 19.3 Å². The minimum atomic E-state index is 0.521. The summed E-state index contributed by atoms with van der Waals surface area (Å²) in [5, 5.41) is 3.18. The molecule has 4 atom stereocenters. The number of hydrogen-bond donors (Lipinski definition) is 2. The standard InChI is InChI=1S/C15H19N3/c16-15(17-11-4-2-1-3-5-11)18-14-12-9-6-7-10(8-9)13(12)14/h1-5,9-10,12-14H,6-8H2,(H3,16,17,18). The van der Waals surface area contributed by atoms with Crippen molar-refractivity contribution in [1.82, 2.24) is 0 Å². The SMILES string of the molecule is NC(=NC1C2C3CCC(C3)C12)Nc1ccccc1. The van der Waals surface area contributed by atoms with Crippen LogP contribution >= 0.6 is 0 Å². The average molecular weight is 241 g/mol. The first-order valence-electron chi connectivity index (χ1n) is 6.98. The summed E-state index contributed by atoms with van der Waals surface area (Å²) in [4.78, 5) is 4.69. The molecule has 0 spiro atoms. The highest BCUT2D eigenvalue weighted by molar-refractivity contribution is 5.92. The van der Waals surface area contributed by atoms with Crippen LogP contribution in [0, 0.1) is 23.7 Å². The predicted molar refractivity (Wildman–Crippen MR) is 73.3 cm³/mol. The van der Waals surface area contributed by atoms with Crippen molar-refractivity contribution in [2.24, 2.45) is 34.4 Å². The van der Waals surface area contributed by atoms with E-state index in [0.717, 1.165) is 29.4 Å². The molecule has 18 heavy (non-hydrogen) atoms. The summed E-state index contributed by atoms with van der Waals surface area (Å²) in [6.07, 6.45) is 4.33. The Kier molecular flexibility index (Phi) is 2.16. The minimum Gasteiger partial charge on any atom is -0.370 e. The topological polar surface area (TPSA) is 50.4 Å². The van der Waals surface area contributed by atoms with Gasteiger partial charge in [-0.3, -0.25) is 0 Å². The zero-order chi connectivity index (χ0) is 12.1. The molecule has 3 heteroatoms. The molecule has 3 nitrogen and oxygen atoms in total. The van der Waals surface area contributed by atoms with Gasteiger partial charge in [-0.05, 0) is 55.1 Å². The number of nitrogens with zero attached hydrogens (tertiary/aromatic N) is 1. The molecule has 3 aliphatic rings. The van der Waals surface area contributed by atoms with Gasteiger partial charge < -0.3 is 11.1 Å². The van der Waals surface area contributed by atoms with Crippen molar-refractivity contribution in [1.29, 1.82) is 0 Å². The first-order chi connectivity index (χ1) is 8.83. The van der Waals surface area contributed by atoms with Gasteiger partial charge in [0.1, 0.15) is 0 Å². The molecule has 0 amide bonds. The van der Waals surface area contributed by atoms with E-state index in [1.165, 1.54) is 19.3 Å². The maximum Gasteiger partial charge on any atom is 0.193 e. The van der Waals surface area contributed by atoms with E-state index in [0.29, 0.717) is 12.0 Å². The van der Waals surface area contributed by atoms with E-state index in [9.17, 15) is 0 Å². The molecule has 3 saturated carbocycles. The van der Waals surface area contributed by atoms with Crippen molar-refractivity contribution in [2.75, 3.05) is 5.32 Å². The number of hydrogen-bond acceptors (Lipinski definition) is 1. The zero-order valence-electron chi connectivity index (χ0n) is 10.4. The van der Waals surface area contributed by atoms with E-state index in [1.54, 1.807) is 0 Å². The Bertz CT molecular complexity index is 466. The number of anilines is 1. The quantitative estimate of drug-likeness (QED) is 0.617. The van der Waals surface area contributed by atoms with Crippen LogP contribution in [0.3, 0.4) is 0 Å². The predicted octanol–water partition coefficient (Wildman–Crippen LogP) is 2.46. The average Bonchev–Trinajstić information content (AvgIpc) is 2.79. The molecule has 0 heterocycles. The molecule has 0 aromatic heterocycles. The Morgan fingerprint density at radius 3 is 2.44 bits per heavy atom. The van der Waals surface area contributed by atoms with E-state index in [-0.39, 0.29) is 0 Å². The number of nitrogens with one attached hydrogen (secondary N) is 1. The molecule has 94 valence electrons. The fourth-order valence-electron chi connectivity index (χ4n) is 4.31. The Labute approximate surface area is 107 Å². The Hall–Kier alpha value is -1.51. The first kappa shape index (κ1) is 10.4. The molecular weight excluding hydrogens is 222 g/mol. The van der Waals surface area contributed by atoms with Crippen LogP contribution < -0.4 is 11.1 Å². The monoisotopic (exact) mass is 241 g/mol. The zero-order valence-corrected chi connectivity index (χ0v) is 10.4. The van der Waals surface area contributed by atoms with Gasteiger partial charge in [0.2, 0.25) is 0 Å². The number of nitrogens with two attached hydrogens (primary N) is 1. The van der Waals surface area contributed by atoms with Gasteiger partial charge in [-0.2, -0.15) is 0 Å². The molecule has 3 aliphatic carbocycles. The molecule has 0 saturated heterocycles. The van der Waals surface area contributed by atoms with Crippen molar-refractivity contribution in [2.45, 2.75) is 25.3 Å². The molecular formula is C15H19N3. The third-order valence-corrected chi connectivity index (χ3v) is 5.03. The fourth-order valence-corrected chi connectivity index (χ4v) is 4.31. The summed E-state index contributed by atoms with van der Waals surface area (Å²) >= 11 is 0. The second-order valence-corrected chi connectivity index (χ2v) is 5.98. The van der Waals surface area contributed by atoms with E-state index < -0.39 is 0 Å². The van der Waals surface area contributed by atoms with Crippen molar-refractivity contribution >= 4 is 11.6 Å². The van der Waals surface area contributed by atoms with Crippen molar-refractivity contribution in [3.63, 3.8) is 0 Å². The lowest BCUT2D eigenvalue weighted by molar-refractivity contribution is 0.456. The minimum absolute atomic E-state index is 0.521. The van der Waals surface area contributed by atoms with E-state index in [2.05, 4.69) is 5.32 Å². The van der Waals surface area contributed by atoms with Gasteiger partial charge >= 0.3 is 0 Å². The molecule has 4 unspecified atom stereocenters. The van der Waals surface area contributed by atoms with Crippen LogP contribution in [0.4, 0.5) is 5.69 Å². The number of aliphatic imine (C=N–C) groups is 1. The molecule has 1 aromatic rings. The summed E-state index contributed by atoms with van der Waals surface area (Å²) < 4.78 is 0. The third-order valence-electron chi connectivity index (χ3n) is 5.03. The Morgan fingerprint density at radius 1 is 1.11 bits per heavy atom. The normalized spacial score (nSPS) is 40.7. The lowest BCUT2D eigenvalue weighted by Crippen LogP contribution is -2.23. The molecule has 3 fully saturated rings. The van der Waals surface area contributed by atoms with Crippen LogP contribution in [0.5, 0.6) is 0 Å². The molecule has 1 aromatic carbocycles. The number of guanidine groups is 1. The second kappa shape index (κ2) is 3.74. The maximum atomic E-state index is 6.00. The maximum absolute atomic E-state index is 6.00. The number of benzene rings is 1. The van der Waals surface area contributed by atoms with E-state index in [4.69, 9.17) is 10.7 Å².